The minimum Gasteiger partial charge on any atom is -0.320 e. The fourth-order valence-corrected chi connectivity index (χ4v) is 0.574. The predicted octanol–water partition coefficient (Wildman–Crippen LogP) is 0.143. The Balaban J connectivity index is 2.25. The molecule has 0 aromatic heterocycles. The molecule has 0 aromatic rings. The molecule has 1 heterocycles. The van der Waals surface area contributed by atoms with Gasteiger partial charge in [-0.15, -0.1) is 0 Å². The molecule has 0 aromatic carbocycles. The van der Waals surface area contributed by atoms with Gasteiger partial charge in [-0.3, -0.25) is 0 Å². The topological polar surface area (TPSA) is 29.3 Å². The normalized spacial score (nSPS) is 22.6. The summed E-state index contributed by atoms with van der Waals surface area (Å²) in [5.41, 5.74) is 0. The number of nitroso groups, excluding NO2 is 1. The van der Waals surface area contributed by atoms with E-state index >= 15 is 0 Å². The van der Waals surface area contributed by atoms with Crippen LogP contribution >= 0.6 is 0 Å². The molecule has 0 N–H and O–H groups in total. The fraction of sp³-hybridized carbons (Fsp3) is 1.00. The van der Waals surface area contributed by atoms with Crippen LogP contribution in [-0.4, -0.2) is 24.6 Å². The van der Waals surface area contributed by atoms with Crippen LogP contribution in [0.3, 0.4) is 0 Å². The molecule has 3 heteroatoms. The number of nitrogens with zero attached hydrogens (tertiary/aromatic N) is 1. The highest BCUT2D eigenvalue weighted by atomic mass is 16.5. The van der Waals surface area contributed by atoms with Crippen molar-refractivity contribution in [3.05, 3.63) is 4.91 Å². The summed E-state index contributed by atoms with van der Waals surface area (Å²) in [6.07, 6.45) is 0.878. The first-order valence-electron chi connectivity index (χ1n) is 2.39. The predicted molar refractivity (Wildman–Crippen MR) is 23.9 cm³/mol. The number of hydrogen-bond acceptors (Lipinski definition) is 2. The molecule has 0 radical (unpaired) electrons. The number of ether oxygens (including phenoxy) is 1. The van der Waals surface area contributed by atoms with E-state index in [-0.39, 0.29) is 6.73 Å². The Labute approximate surface area is 41.8 Å². The van der Waals surface area contributed by atoms with Gasteiger partial charge in [-0.1, -0.05) is 0 Å². The molecule has 0 bridgehead atoms. The van der Waals surface area contributed by atoms with Crippen LogP contribution in [-0.2, 0) is 4.74 Å². The molecule has 0 spiro atoms. The molecule has 1 rings (SSSR count). The highest BCUT2D eigenvalue weighted by Gasteiger charge is 2.12. The third-order valence-electron chi connectivity index (χ3n) is 0.931. The highest BCUT2D eigenvalue weighted by molar-refractivity contribution is 4.33. The lowest BCUT2D eigenvalue weighted by Gasteiger charge is -2.01. The van der Waals surface area contributed by atoms with E-state index in [1.165, 1.54) is 0 Å². The molecule has 0 unspecified atom stereocenters. The third-order valence-corrected chi connectivity index (χ3v) is 0.931. The van der Waals surface area contributed by atoms with Gasteiger partial charge >= 0.3 is 0 Å². The van der Waals surface area contributed by atoms with Crippen molar-refractivity contribution in [1.29, 1.82) is 0 Å². The van der Waals surface area contributed by atoms with Gasteiger partial charge in [-0.25, -0.2) is 0 Å². The molecule has 0 saturated carbocycles. The van der Waals surface area contributed by atoms with Gasteiger partial charge in [0.15, 0.2) is 6.54 Å². The van der Waals surface area contributed by atoms with Crippen molar-refractivity contribution in [3.8, 4) is 0 Å². The van der Waals surface area contributed by atoms with Crippen molar-refractivity contribution in [2.24, 2.45) is 0 Å². The molecule has 1 aliphatic rings. The average molecular weight is 102 g/mol. The first-order valence-corrected chi connectivity index (χ1v) is 2.39. The Morgan fingerprint density at radius 1 is 1.57 bits per heavy atom. The largest absolute Gasteiger partial charge is 0.320 e. The third kappa shape index (κ3) is 1.23. The average Bonchev–Trinajstić information content (AvgIpc) is 1.69. The summed E-state index contributed by atoms with van der Waals surface area (Å²) in [6, 6.07) is 0. The molecule has 0 aliphatic carbocycles. The van der Waals surface area contributed by atoms with Crippen molar-refractivity contribution in [2.45, 2.75) is 6.42 Å². The van der Waals surface area contributed by atoms with E-state index in [1.54, 1.807) is 0 Å². The lowest BCUT2D eigenvalue weighted by molar-refractivity contribution is -0.602. The number of rotatable bonds is 0. The van der Waals surface area contributed by atoms with Gasteiger partial charge in [0.25, 0.3) is 6.73 Å². The molecule has 1 saturated heterocycles. The highest BCUT2D eigenvalue weighted by Crippen LogP contribution is 1.91. The maximum atomic E-state index is 10.3. The molecule has 40 valence electrons. The monoisotopic (exact) mass is 102 g/mol. The van der Waals surface area contributed by atoms with E-state index in [1.807, 2.05) is 0 Å². The molecule has 7 heavy (non-hydrogen) atoms. The summed E-state index contributed by atoms with van der Waals surface area (Å²) in [5, 5.41) is 0. The molecule has 0 amide bonds. The van der Waals surface area contributed by atoms with E-state index in [2.05, 4.69) is 0 Å². The second-order valence-corrected chi connectivity index (χ2v) is 1.60. The van der Waals surface area contributed by atoms with Crippen molar-refractivity contribution in [2.75, 3.05) is 19.9 Å². The van der Waals surface area contributed by atoms with Gasteiger partial charge in [0.1, 0.15) is 0 Å². The maximum Gasteiger partial charge on any atom is 0.295 e. The fourth-order valence-electron chi connectivity index (χ4n) is 0.574. The van der Waals surface area contributed by atoms with Crippen LogP contribution in [0.15, 0.2) is 0 Å². The summed E-state index contributed by atoms with van der Waals surface area (Å²) >= 11 is 0. The summed E-state index contributed by atoms with van der Waals surface area (Å²) < 4.78 is 5.72. The molecule has 3 nitrogen and oxygen atoms in total. The van der Waals surface area contributed by atoms with E-state index in [4.69, 9.17) is 4.74 Å². The standard InChI is InChI=1S/C4H8NO2/c6-5-2-1-3-7-4-5/h1-4H2/q+1. The van der Waals surface area contributed by atoms with Crippen molar-refractivity contribution in [3.63, 3.8) is 0 Å². The molecular formula is C4H8NO2+. The van der Waals surface area contributed by atoms with Crippen molar-refractivity contribution < 1.29 is 9.50 Å². The zero-order valence-electron chi connectivity index (χ0n) is 4.09. The Hall–Kier alpha value is -0.440. The number of hydrogen-bond donors (Lipinski definition) is 0. The van der Waals surface area contributed by atoms with E-state index in [9.17, 15) is 4.91 Å². The van der Waals surface area contributed by atoms with Crippen molar-refractivity contribution in [1.82, 2.24) is 0 Å². The Bertz CT molecular complexity index is 73.8. The molecular weight excluding hydrogens is 94.0 g/mol. The summed E-state index contributed by atoms with van der Waals surface area (Å²) in [7, 11) is 0. The smallest absolute Gasteiger partial charge is 0.295 e. The summed E-state index contributed by atoms with van der Waals surface area (Å²) in [6.45, 7) is 1.65. The maximum absolute atomic E-state index is 10.3. The lowest BCUT2D eigenvalue weighted by Crippen LogP contribution is -2.21. The van der Waals surface area contributed by atoms with Gasteiger partial charge in [-0.2, -0.15) is 0 Å². The first kappa shape index (κ1) is 4.71. The van der Waals surface area contributed by atoms with Gasteiger partial charge in [-0.05, 0) is 0 Å². The van der Waals surface area contributed by atoms with Crippen LogP contribution in [0.4, 0.5) is 0 Å². The molecule has 1 aliphatic heterocycles. The van der Waals surface area contributed by atoms with Crippen LogP contribution in [0.25, 0.3) is 0 Å². The van der Waals surface area contributed by atoms with Crippen molar-refractivity contribution >= 4 is 0 Å². The van der Waals surface area contributed by atoms with Crippen LogP contribution in [0, 0.1) is 4.91 Å². The van der Waals surface area contributed by atoms with Crippen LogP contribution < -0.4 is 0 Å². The lowest BCUT2D eigenvalue weighted by atomic mass is 10.4. The first-order chi connectivity index (χ1) is 3.39. The second kappa shape index (κ2) is 2.02. The van der Waals surface area contributed by atoms with Crippen LogP contribution in [0.2, 0.25) is 0 Å². The van der Waals surface area contributed by atoms with Crippen LogP contribution in [0.1, 0.15) is 6.42 Å². The van der Waals surface area contributed by atoms with Gasteiger partial charge < -0.3 is 4.74 Å². The Morgan fingerprint density at radius 2 is 2.43 bits per heavy atom. The zero-order valence-corrected chi connectivity index (χ0v) is 4.09. The van der Waals surface area contributed by atoms with E-state index < -0.39 is 0 Å². The minimum absolute atomic E-state index is 0.264. The summed E-state index contributed by atoms with van der Waals surface area (Å²) in [5.74, 6) is 0. The zero-order chi connectivity index (χ0) is 5.11. The second-order valence-electron chi connectivity index (χ2n) is 1.60. The van der Waals surface area contributed by atoms with Gasteiger partial charge in [0.05, 0.1) is 6.61 Å². The SMILES string of the molecule is O=[N+]1CCCOC1. The van der Waals surface area contributed by atoms with E-state index in [0.29, 0.717) is 6.54 Å². The molecule has 1 fully saturated rings. The Kier molecular flexibility index (Phi) is 1.36. The van der Waals surface area contributed by atoms with Gasteiger partial charge in [0.2, 0.25) is 0 Å². The minimum atomic E-state index is 0.264. The Morgan fingerprint density at radius 3 is 2.71 bits per heavy atom. The summed E-state index contributed by atoms with van der Waals surface area (Å²) in [4.78, 5) is 10.3. The van der Waals surface area contributed by atoms with E-state index in [0.717, 1.165) is 17.8 Å². The van der Waals surface area contributed by atoms with Gasteiger partial charge in [0, 0.05) is 16.1 Å². The molecule has 0 atom stereocenters. The van der Waals surface area contributed by atoms with Crippen LogP contribution in [0.5, 0.6) is 0 Å². The quantitative estimate of drug-likeness (QED) is 0.407.